The van der Waals surface area contributed by atoms with Gasteiger partial charge in [-0.25, -0.2) is 0 Å². The van der Waals surface area contributed by atoms with Crippen molar-refractivity contribution < 1.29 is 14.3 Å². The molecule has 2 rings (SSSR count). The summed E-state index contributed by atoms with van der Waals surface area (Å²) >= 11 is 0. The standard InChI is InChI=1S/C14H24N2O3/c1-10(13-4-3-9-19-13)15-14(18)12-5-7-16(8-6-12)11(2)17/h10,12-13H,3-9H2,1-2H3,(H,15,18)/t10-,13+/m0/s1. The van der Waals surface area contributed by atoms with Gasteiger partial charge >= 0.3 is 0 Å². The molecule has 0 radical (unpaired) electrons. The number of hydrogen-bond acceptors (Lipinski definition) is 3. The van der Waals surface area contributed by atoms with E-state index in [0.717, 1.165) is 32.3 Å². The summed E-state index contributed by atoms with van der Waals surface area (Å²) in [6, 6.07) is 0.0841. The molecule has 0 unspecified atom stereocenters. The van der Waals surface area contributed by atoms with Crippen LogP contribution in [0, 0.1) is 5.92 Å². The van der Waals surface area contributed by atoms with Crippen LogP contribution in [-0.2, 0) is 14.3 Å². The van der Waals surface area contributed by atoms with E-state index >= 15 is 0 Å². The molecule has 2 fully saturated rings. The van der Waals surface area contributed by atoms with Crippen LogP contribution < -0.4 is 5.32 Å². The first kappa shape index (κ1) is 14.3. The van der Waals surface area contributed by atoms with Crippen molar-refractivity contribution in [2.75, 3.05) is 19.7 Å². The predicted molar refractivity (Wildman–Crippen MR) is 71.6 cm³/mol. The number of likely N-dealkylation sites (tertiary alicyclic amines) is 1. The van der Waals surface area contributed by atoms with Crippen molar-refractivity contribution in [3.05, 3.63) is 0 Å². The molecule has 5 nitrogen and oxygen atoms in total. The Hall–Kier alpha value is -1.10. The van der Waals surface area contributed by atoms with Gasteiger partial charge in [0.25, 0.3) is 0 Å². The highest BCUT2D eigenvalue weighted by atomic mass is 16.5. The largest absolute Gasteiger partial charge is 0.376 e. The van der Waals surface area contributed by atoms with E-state index in [1.54, 1.807) is 6.92 Å². The molecule has 0 aromatic heterocycles. The average molecular weight is 268 g/mol. The second-order valence-electron chi connectivity index (χ2n) is 5.63. The lowest BCUT2D eigenvalue weighted by atomic mass is 9.95. The SMILES string of the molecule is CC(=O)N1CCC(C(=O)N[C@@H](C)[C@H]2CCCO2)CC1. The minimum absolute atomic E-state index is 0.0412. The molecule has 0 aromatic carbocycles. The Morgan fingerprint density at radius 1 is 1.26 bits per heavy atom. The topological polar surface area (TPSA) is 58.6 Å². The van der Waals surface area contributed by atoms with Gasteiger partial charge < -0.3 is 15.0 Å². The van der Waals surface area contributed by atoms with Crippen molar-refractivity contribution in [2.24, 2.45) is 5.92 Å². The Labute approximate surface area is 114 Å². The number of nitrogens with zero attached hydrogens (tertiary/aromatic N) is 1. The van der Waals surface area contributed by atoms with Crippen LogP contribution >= 0.6 is 0 Å². The van der Waals surface area contributed by atoms with Crippen LogP contribution in [-0.4, -0.2) is 48.6 Å². The zero-order chi connectivity index (χ0) is 13.8. The van der Waals surface area contributed by atoms with Gasteiger partial charge in [-0.2, -0.15) is 0 Å². The fraction of sp³-hybridized carbons (Fsp3) is 0.857. The van der Waals surface area contributed by atoms with Crippen molar-refractivity contribution in [1.82, 2.24) is 10.2 Å². The first-order valence-corrected chi connectivity index (χ1v) is 7.25. The third-order valence-corrected chi connectivity index (χ3v) is 4.20. The molecule has 2 heterocycles. The molecule has 5 heteroatoms. The van der Waals surface area contributed by atoms with Crippen molar-refractivity contribution in [3.63, 3.8) is 0 Å². The molecule has 2 amide bonds. The average Bonchev–Trinajstić information content (AvgIpc) is 2.92. The molecule has 2 saturated heterocycles. The van der Waals surface area contributed by atoms with Gasteiger partial charge in [0.05, 0.1) is 12.1 Å². The molecule has 1 N–H and O–H groups in total. The Bertz CT molecular complexity index is 332. The minimum atomic E-state index is 0.0412. The Kier molecular flexibility index (Phi) is 4.80. The fourth-order valence-corrected chi connectivity index (χ4v) is 2.89. The summed E-state index contributed by atoms with van der Waals surface area (Å²) in [4.78, 5) is 25.2. The van der Waals surface area contributed by atoms with Crippen molar-refractivity contribution in [3.8, 4) is 0 Å². The summed E-state index contributed by atoms with van der Waals surface area (Å²) in [5, 5.41) is 3.07. The van der Waals surface area contributed by atoms with E-state index in [4.69, 9.17) is 4.74 Å². The molecule has 108 valence electrons. The number of amides is 2. The summed E-state index contributed by atoms with van der Waals surface area (Å²) in [6.45, 7) is 5.80. The summed E-state index contributed by atoms with van der Waals surface area (Å²) < 4.78 is 5.58. The quantitative estimate of drug-likeness (QED) is 0.828. The number of piperidine rings is 1. The highest BCUT2D eigenvalue weighted by Gasteiger charge is 2.29. The van der Waals surface area contributed by atoms with Gasteiger partial charge in [-0.1, -0.05) is 0 Å². The van der Waals surface area contributed by atoms with E-state index in [1.807, 2.05) is 11.8 Å². The number of ether oxygens (including phenoxy) is 1. The summed E-state index contributed by atoms with van der Waals surface area (Å²) in [6.07, 6.45) is 3.82. The van der Waals surface area contributed by atoms with Gasteiger partial charge in [-0.3, -0.25) is 9.59 Å². The summed E-state index contributed by atoms with van der Waals surface area (Å²) in [7, 11) is 0. The third-order valence-electron chi connectivity index (χ3n) is 4.20. The van der Waals surface area contributed by atoms with Gasteiger partial charge in [0.1, 0.15) is 0 Å². The van der Waals surface area contributed by atoms with Crippen LogP contribution in [0.25, 0.3) is 0 Å². The molecule has 2 aliphatic rings. The Balaban J connectivity index is 1.76. The molecule has 0 aromatic rings. The van der Waals surface area contributed by atoms with Crippen molar-refractivity contribution in [2.45, 2.75) is 51.7 Å². The lowest BCUT2D eigenvalue weighted by Gasteiger charge is -2.31. The monoisotopic (exact) mass is 268 g/mol. The summed E-state index contributed by atoms with van der Waals surface area (Å²) in [5.41, 5.74) is 0. The van der Waals surface area contributed by atoms with Gasteiger partial charge in [0, 0.05) is 32.5 Å². The smallest absolute Gasteiger partial charge is 0.223 e. The second-order valence-corrected chi connectivity index (χ2v) is 5.63. The number of nitrogens with one attached hydrogen (secondary N) is 1. The van der Waals surface area contributed by atoms with Gasteiger partial charge in [-0.05, 0) is 32.6 Å². The molecular formula is C14H24N2O3. The van der Waals surface area contributed by atoms with E-state index in [2.05, 4.69) is 5.32 Å². The van der Waals surface area contributed by atoms with E-state index in [-0.39, 0.29) is 29.9 Å². The highest BCUT2D eigenvalue weighted by molar-refractivity contribution is 5.79. The van der Waals surface area contributed by atoms with E-state index in [9.17, 15) is 9.59 Å². The molecule has 2 aliphatic heterocycles. The van der Waals surface area contributed by atoms with E-state index in [1.165, 1.54) is 0 Å². The summed E-state index contributed by atoms with van der Waals surface area (Å²) in [5.74, 6) is 0.261. The van der Waals surface area contributed by atoms with Gasteiger partial charge in [0.2, 0.25) is 11.8 Å². The Morgan fingerprint density at radius 3 is 2.47 bits per heavy atom. The predicted octanol–water partition coefficient (Wildman–Crippen LogP) is 0.929. The number of carbonyl (C=O) groups is 2. The lowest BCUT2D eigenvalue weighted by molar-refractivity contribution is -0.134. The van der Waals surface area contributed by atoms with E-state index < -0.39 is 0 Å². The normalized spacial score (nSPS) is 26.2. The van der Waals surface area contributed by atoms with Gasteiger partial charge in [0.15, 0.2) is 0 Å². The molecule has 0 spiro atoms. The highest BCUT2D eigenvalue weighted by Crippen LogP contribution is 2.19. The van der Waals surface area contributed by atoms with Crippen LogP contribution in [0.4, 0.5) is 0 Å². The number of hydrogen-bond donors (Lipinski definition) is 1. The van der Waals surface area contributed by atoms with Crippen LogP contribution in [0.3, 0.4) is 0 Å². The zero-order valence-corrected chi connectivity index (χ0v) is 11.9. The molecular weight excluding hydrogens is 244 g/mol. The first-order valence-electron chi connectivity index (χ1n) is 7.25. The third kappa shape index (κ3) is 3.69. The zero-order valence-electron chi connectivity index (χ0n) is 11.9. The fourth-order valence-electron chi connectivity index (χ4n) is 2.89. The second kappa shape index (κ2) is 6.37. The maximum absolute atomic E-state index is 12.2. The number of rotatable bonds is 3. The van der Waals surface area contributed by atoms with Crippen LogP contribution in [0.15, 0.2) is 0 Å². The van der Waals surface area contributed by atoms with Crippen molar-refractivity contribution in [1.29, 1.82) is 0 Å². The van der Waals surface area contributed by atoms with Crippen LogP contribution in [0.2, 0.25) is 0 Å². The molecule has 0 aliphatic carbocycles. The number of carbonyl (C=O) groups excluding carboxylic acids is 2. The molecule has 2 atom stereocenters. The van der Waals surface area contributed by atoms with Crippen molar-refractivity contribution >= 4 is 11.8 Å². The minimum Gasteiger partial charge on any atom is -0.376 e. The van der Waals surface area contributed by atoms with Gasteiger partial charge in [-0.15, -0.1) is 0 Å². The molecule has 19 heavy (non-hydrogen) atoms. The van der Waals surface area contributed by atoms with Crippen LogP contribution in [0.1, 0.15) is 39.5 Å². The van der Waals surface area contributed by atoms with Crippen LogP contribution in [0.5, 0.6) is 0 Å². The molecule has 0 saturated carbocycles. The maximum Gasteiger partial charge on any atom is 0.223 e. The first-order chi connectivity index (χ1) is 9.08. The maximum atomic E-state index is 12.2. The lowest BCUT2D eigenvalue weighted by Crippen LogP contribution is -2.47. The Morgan fingerprint density at radius 2 is 1.95 bits per heavy atom. The van der Waals surface area contributed by atoms with E-state index in [0.29, 0.717) is 13.1 Å². The molecule has 0 bridgehead atoms.